The Morgan fingerprint density at radius 3 is 2.55 bits per heavy atom. The van der Waals surface area contributed by atoms with Crippen molar-refractivity contribution in [2.45, 2.75) is 32.6 Å². The molecule has 0 saturated carbocycles. The van der Waals surface area contributed by atoms with Gasteiger partial charge in [0.1, 0.15) is 0 Å². The summed E-state index contributed by atoms with van der Waals surface area (Å²) in [5, 5.41) is 13.4. The Morgan fingerprint density at radius 2 is 2.05 bits per heavy atom. The minimum Gasteiger partial charge on any atom is -0.481 e. The van der Waals surface area contributed by atoms with E-state index in [2.05, 4.69) is 5.10 Å². The monoisotopic (exact) mass is 279 g/mol. The van der Waals surface area contributed by atoms with Crippen LogP contribution in [0.3, 0.4) is 0 Å². The van der Waals surface area contributed by atoms with Gasteiger partial charge in [0.2, 0.25) is 0 Å². The molecule has 20 heavy (non-hydrogen) atoms. The number of carboxylic acids is 1. The number of hydrogen-bond donors (Lipinski definition) is 1. The van der Waals surface area contributed by atoms with Crippen LogP contribution in [-0.2, 0) is 17.3 Å². The topological polar surface area (TPSA) is 75.4 Å². The molecule has 1 aliphatic rings. The molecule has 1 aromatic heterocycles. The van der Waals surface area contributed by atoms with Gasteiger partial charge in [-0.25, -0.2) is 0 Å². The summed E-state index contributed by atoms with van der Waals surface area (Å²) in [5.74, 6) is -1.40. The van der Waals surface area contributed by atoms with Crippen LogP contribution in [0.1, 0.15) is 43.2 Å². The molecule has 1 unspecified atom stereocenters. The summed E-state index contributed by atoms with van der Waals surface area (Å²) in [5.41, 5.74) is 1.10. The SMILES string of the molecule is Cn1cc(C(=O)N2CCC(C(=O)O)C2)c(C(C)(C)C)n1. The summed E-state index contributed by atoms with van der Waals surface area (Å²) < 4.78 is 1.64. The predicted octanol–water partition coefficient (Wildman–Crippen LogP) is 1.26. The van der Waals surface area contributed by atoms with Gasteiger partial charge in [-0.05, 0) is 6.42 Å². The number of aromatic nitrogens is 2. The van der Waals surface area contributed by atoms with Crippen LogP contribution in [0, 0.1) is 5.92 Å². The molecule has 0 aliphatic carbocycles. The first-order valence-corrected chi connectivity index (χ1v) is 6.76. The Bertz CT molecular complexity index is 542. The molecule has 0 aromatic carbocycles. The number of likely N-dealkylation sites (tertiary alicyclic amines) is 1. The Balaban J connectivity index is 2.25. The number of hydrogen-bond acceptors (Lipinski definition) is 3. The number of rotatable bonds is 2. The zero-order chi connectivity index (χ0) is 15.1. The molecular formula is C14H21N3O3. The molecule has 0 spiro atoms. The highest BCUT2D eigenvalue weighted by Crippen LogP contribution is 2.27. The number of amides is 1. The van der Waals surface area contributed by atoms with Gasteiger partial charge >= 0.3 is 5.97 Å². The van der Waals surface area contributed by atoms with Crippen molar-refractivity contribution in [3.8, 4) is 0 Å². The maximum Gasteiger partial charge on any atom is 0.308 e. The lowest BCUT2D eigenvalue weighted by Crippen LogP contribution is -2.31. The minimum atomic E-state index is -0.831. The van der Waals surface area contributed by atoms with Crippen molar-refractivity contribution >= 4 is 11.9 Å². The van der Waals surface area contributed by atoms with Crippen LogP contribution in [0.15, 0.2) is 6.20 Å². The van der Waals surface area contributed by atoms with E-state index in [9.17, 15) is 9.59 Å². The van der Waals surface area contributed by atoms with Crippen molar-refractivity contribution in [2.75, 3.05) is 13.1 Å². The van der Waals surface area contributed by atoms with Crippen LogP contribution >= 0.6 is 0 Å². The second-order valence-corrected chi connectivity index (χ2v) is 6.39. The van der Waals surface area contributed by atoms with E-state index in [1.807, 2.05) is 20.8 Å². The van der Waals surface area contributed by atoms with Gasteiger partial charge in [0.25, 0.3) is 5.91 Å². The number of carbonyl (C=O) groups excluding carboxylic acids is 1. The third-order valence-electron chi connectivity index (χ3n) is 3.59. The number of aliphatic carboxylic acids is 1. The lowest BCUT2D eigenvalue weighted by atomic mass is 9.89. The van der Waals surface area contributed by atoms with Crippen LogP contribution in [0.5, 0.6) is 0 Å². The minimum absolute atomic E-state index is 0.119. The number of carboxylic acid groups (broad SMARTS) is 1. The standard InChI is InChI=1S/C14H21N3O3/c1-14(2,3)11-10(8-16(4)15-11)12(18)17-6-5-9(7-17)13(19)20/h8-9H,5-7H2,1-4H3,(H,19,20). The molecule has 1 fully saturated rings. The van der Waals surface area contributed by atoms with Crippen LogP contribution in [0.2, 0.25) is 0 Å². The van der Waals surface area contributed by atoms with Gasteiger partial charge in [-0.15, -0.1) is 0 Å². The van der Waals surface area contributed by atoms with Crippen molar-refractivity contribution in [1.82, 2.24) is 14.7 Å². The van der Waals surface area contributed by atoms with Crippen LogP contribution in [0.4, 0.5) is 0 Å². The highest BCUT2D eigenvalue weighted by molar-refractivity contribution is 5.96. The fourth-order valence-corrected chi connectivity index (χ4v) is 2.52. The van der Waals surface area contributed by atoms with Crippen molar-refractivity contribution in [2.24, 2.45) is 13.0 Å². The fraction of sp³-hybridized carbons (Fsp3) is 0.643. The smallest absolute Gasteiger partial charge is 0.308 e. The zero-order valence-corrected chi connectivity index (χ0v) is 12.4. The fourth-order valence-electron chi connectivity index (χ4n) is 2.52. The molecule has 1 amide bonds. The number of nitrogens with zero attached hydrogens (tertiary/aromatic N) is 3. The molecule has 1 aromatic rings. The normalized spacial score (nSPS) is 19.4. The van der Waals surface area contributed by atoms with Crippen molar-refractivity contribution in [3.63, 3.8) is 0 Å². The largest absolute Gasteiger partial charge is 0.481 e. The molecular weight excluding hydrogens is 258 g/mol. The zero-order valence-electron chi connectivity index (χ0n) is 12.4. The Labute approximate surface area is 118 Å². The van der Waals surface area contributed by atoms with Gasteiger partial charge in [-0.1, -0.05) is 20.8 Å². The third-order valence-corrected chi connectivity index (χ3v) is 3.59. The summed E-state index contributed by atoms with van der Waals surface area (Å²) >= 11 is 0. The van der Waals surface area contributed by atoms with E-state index in [1.54, 1.807) is 22.8 Å². The van der Waals surface area contributed by atoms with E-state index >= 15 is 0 Å². The first kappa shape index (κ1) is 14.6. The predicted molar refractivity (Wildman–Crippen MR) is 73.6 cm³/mol. The number of carbonyl (C=O) groups is 2. The van der Waals surface area contributed by atoms with Gasteiger partial charge in [0, 0.05) is 31.7 Å². The lowest BCUT2D eigenvalue weighted by molar-refractivity contribution is -0.141. The highest BCUT2D eigenvalue weighted by atomic mass is 16.4. The summed E-state index contributed by atoms with van der Waals surface area (Å²) in [6, 6.07) is 0. The molecule has 0 bridgehead atoms. The van der Waals surface area contributed by atoms with Crippen LogP contribution in [-0.4, -0.2) is 44.8 Å². The average molecular weight is 279 g/mol. The van der Waals surface area contributed by atoms with E-state index in [0.717, 1.165) is 5.69 Å². The summed E-state index contributed by atoms with van der Waals surface area (Å²) in [4.78, 5) is 25.2. The van der Waals surface area contributed by atoms with Gasteiger partial charge in [0.05, 0.1) is 17.2 Å². The molecule has 6 nitrogen and oxygen atoms in total. The lowest BCUT2D eigenvalue weighted by Gasteiger charge is -2.20. The molecule has 1 aliphatic heterocycles. The van der Waals surface area contributed by atoms with E-state index in [4.69, 9.17) is 5.11 Å². The van der Waals surface area contributed by atoms with E-state index in [1.165, 1.54) is 0 Å². The molecule has 2 rings (SSSR count). The van der Waals surface area contributed by atoms with E-state index in [-0.39, 0.29) is 17.9 Å². The van der Waals surface area contributed by atoms with Gasteiger partial charge in [-0.2, -0.15) is 5.10 Å². The molecule has 1 atom stereocenters. The molecule has 1 saturated heterocycles. The Hall–Kier alpha value is -1.85. The van der Waals surface area contributed by atoms with Crippen molar-refractivity contribution in [1.29, 1.82) is 0 Å². The summed E-state index contributed by atoms with van der Waals surface area (Å²) in [6.45, 7) is 6.81. The first-order valence-electron chi connectivity index (χ1n) is 6.76. The Kier molecular flexibility index (Phi) is 3.58. The maximum atomic E-state index is 12.6. The molecule has 0 radical (unpaired) electrons. The molecule has 1 N–H and O–H groups in total. The Morgan fingerprint density at radius 1 is 1.40 bits per heavy atom. The second kappa shape index (κ2) is 4.92. The van der Waals surface area contributed by atoms with Crippen LogP contribution < -0.4 is 0 Å². The first-order chi connectivity index (χ1) is 9.20. The van der Waals surface area contributed by atoms with Gasteiger partial charge in [0.15, 0.2) is 0 Å². The highest BCUT2D eigenvalue weighted by Gasteiger charge is 2.34. The van der Waals surface area contributed by atoms with Gasteiger partial charge < -0.3 is 10.0 Å². The molecule has 2 heterocycles. The van der Waals surface area contributed by atoms with Gasteiger partial charge in [-0.3, -0.25) is 14.3 Å². The molecule has 110 valence electrons. The van der Waals surface area contributed by atoms with Crippen LogP contribution in [0.25, 0.3) is 0 Å². The summed E-state index contributed by atoms with van der Waals surface area (Å²) in [7, 11) is 1.79. The average Bonchev–Trinajstić information content (AvgIpc) is 2.93. The quantitative estimate of drug-likeness (QED) is 0.884. The van der Waals surface area contributed by atoms with Crippen molar-refractivity contribution in [3.05, 3.63) is 17.5 Å². The second-order valence-electron chi connectivity index (χ2n) is 6.39. The number of aryl methyl sites for hydroxylation is 1. The third kappa shape index (κ3) is 2.69. The van der Waals surface area contributed by atoms with E-state index in [0.29, 0.717) is 18.5 Å². The maximum absolute atomic E-state index is 12.6. The molecule has 6 heteroatoms. The van der Waals surface area contributed by atoms with Crippen molar-refractivity contribution < 1.29 is 14.7 Å². The van der Waals surface area contributed by atoms with E-state index < -0.39 is 11.9 Å². The summed E-state index contributed by atoms with van der Waals surface area (Å²) in [6.07, 6.45) is 2.24.